The van der Waals surface area contributed by atoms with Crippen LogP contribution in [0.2, 0.25) is 0 Å². The van der Waals surface area contributed by atoms with Crippen molar-refractivity contribution in [3.63, 3.8) is 0 Å². The Labute approximate surface area is 127 Å². The molecule has 0 aliphatic heterocycles. The van der Waals surface area contributed by atoms with Gasteiger partial charge in [0.1, 0.15) is 6.10 Å². The molecule has 0 fully saturated rings. The first-order valence-electron chi connectivity index (χ1n) is 6.66. The third-order valence-electron chi connectivity index (χ3n) is 3.85. The van der Waals surface area contributed by atoms with Gasteiger partial charge < -0.3 is 27.2 Å². The molecule has 116 valence electrons. The molecule has 0 amide bonds. The molecule has 1 unspecified atom stereocenters. The predicted octanol–water partition coefficient (Wildman–Crippen LogP) is 0.133. The summed E-state index contributed by atoms with van der Waals surface area (Å²) in [7, 11) is 0. The van der Waals surface area contributed by atoms with Gasteiger partial charge in [0.05, 0.1) is 6.61 Å². The third-order valence-corrected chi connectivity index (χ3v) is 3.85. The Kier molecular flexibility index (Phi) is 4.18. The van der Waals surface area contributed by atoms with Crippen molar-refractivity contribution < 1.29 is 20.5 Å². The lowest BCUT2D eigenvalue weighted by molar-refractivity contribution is 0.0587. The highest BCUT2D eigenvalue weighted by Gasteiger charge is 2.28. The summed E-state index contributed by atoms with van der Waals surface area (Å²) in [4.78, 5) is 12.3. The fourth-order valence-corrected chi connectivity index (χ4v) is 2.86. The van der Waals surface area contributed by atoms with Crippen molar-refractivity contribution in [3.8, 4) is 11.1 Å². The maximum atomic E-state index is 12.3. The van der Waals surface area contributed by atoms with Gasteiger partial charge in [0.2, 0.25) is 0 Å². The smallest absolute Gasteiger partial charge is 0.196 e. The van der Waals surface area contributed by atoms with Crippen LogP contribution in [0.15, 0.2) is 30.3 Å². The average Bonchev–Trinajstić information content (AvgIpc) is 2.82. The Morgan fingerprint density at radius 1 is 1.18 bits per heavy atom. The molecule has 8 N–H and O–H groups in total. The van der Waals surface area contributed by atoms with Gasteiger partial charge in [-0.05, 0) is 46.9 Å². The lowest BCUT2D eigenvalue weighted by atomic mass is 9.94. The molecule has 0 aromatic heterocycles. The first-order chi connectivity index (χ1) is 10.0. The molecule has 6 nitrogen and oxygen atoms in total. The molecule has 6 heteroatoms. The first-order valence-corrected chi connectivity index (χ1v) is 6.66. The standard InChI is InChI=1S/C16H16N2O3.H2O/c17-9-1-2-10-8(5-9)6-12-11(10)3-4-13(18)15(12)16(21)14(20)7-19;/h1-5,14,19-20H,6-7,17-18H2;1H2. The lowest BCUT2D eigenvalue weighted by Crippen LogP contribution is -2.26. The zero-order valence-electron chi connectivity index (χ0n) is 11.8. The fraction of sp³-hybridized carbons (Fsp3) is 0.188. The molecule has 22 heavy (non-hydrogen) atoms. The van der Waals surface area contributed by atoms with Crippen molar-refractivity contribution in [2.45, 2.75) is 12.5 Å². The number of ketones is 1. The Morgan fingerprint density at radius 2 is 1.86 bits per heavy atom. The Hall–Kier alpha value is -2.41. The summed E-state index contributed by atoms with van der Waals surface area (Å²) in [6.07, 6.45) is -0.910. The van der Waals surface area contributed by atoms with Gasteiger partial charge in [0.15, 0.2) is 5.78 Å². The molecule has 2 aromatic rings. The Bertz CT molecular complexity index is 743. The molecular formula is C16H18N2O4. The maximum absolute atomic E-state index is 12.3. The lowest BCUT2D eigenvalue weighted by Gasteiger charge is -2.13. The minimum absolute atomic E-state index is 0. The van der Waals surface area contributed by atoms with Gasteiger partial charge in [0.25, 0.3) is 0 Å². The second kappa shape index (κ2) is 5.76. The van der Waals surface area contributed by atoms with Crippen molar-refractivity contribution in [1.82, 2.24) is 0 Å². The van der Waals surface area contributed by atoms with Crippen LogP contribution in [-0.4, -0.2) is 34.2 Å². The largest absolute Gasteiger partial charge is 0.412 e. The van der Waals surface area contributed by atoms with Crippen LogP contribution in [0.25, 0.3) is 11.1 Å². The number of benzene rings is 2. The monoisotopic (exact) mass is 302 g/mol. The van der Waals surface area contributed by atoms with E-state index in [1.807, 2.05) is 24.3 Å². The molecule has 1 atom stereocenters. The van der Waals surface area contributed by atoms with Crippen molar-refractivity contribution >= 4 is 17.2 Å². The van der Waals surface area contributed by atoms with E-state index in [9.17, 15) is 9.90 Å². The van der Waals surface area contributed by atoms with Crippen LogP contribution in [0.3, 0.4) is 0 Å². The van der Waals surface area contributed by atoms with E-state index in [4.69, 9.17) is 16.6 Å². The summed E-state index contributed by atoms with van der Waals surface area (Å²) in [5, 5.41) is 18.6. The quantitative estimate of drug-likeness (QED) is 0.402. The highest BCUT2D eigenvalue weighted by Crippen LogP contribution is 2.41. The molecule has 0 spiro atoms. The number of hydrogen-bond donors (Lipinski definition) is 4. The molecule has 0 bridgehead atoms. The number of nitrogen functional groups attached to an aromatic ring is 2. The summed E-state index contributed by atoms with van der Waals surface area (Å²) in [5.74, 6) is -0.548. The van der Waals surface area contributed by atoms with Crippen molar-refractivity contribution in [2.75, 3.05) is 18.1 Å². The molecule has 1 aliphatic rings. The number of rotatable bonds is 3. The van der Waals surface area contributed by atoms with Gasteiger partial charge in [-0.3, -0.25) is 4.79 Å². The Morgan fingerprint density at radius 3 is 2.55 bits per heavy atom. The topological polar surface area (TPSA) is 141 Å². The number of nitrogens with two attached hydrogens (primary N) is 2. The van der Waals surface area contributed by atoms with E-state index >= 15 is 0 Å². The summed E-state index contributed by atoms with van der Waals surface area (Å²) in [6, 6.07) is 9.14. The van der Waals surface area contributed by atoms with Gasteiger partial charge in [-0.15, -0.1) is 0 Å². The third kappa shape index (κ3) is 2.33. The molecule has 0 saturated heterocycles. The minimum Gasteiger partial charge on any atom is -0.412 e. The highest BCUT2D eigenvalue weighted by atomic mass is 16.3. The van der Waals surface area contributed by atoms with Gasteiger partial charge in [0, 0.05) is 16.9 Å². The molecule has 0 radical (unpaired) electrons. The summed E-state index contributed by atoms with van der Waals surface area (Å²) < 4.78 is 0. The van der Waals surface area contributed by atoms with Gasteiger partial charge in [-0.1, -0.05) is 12.1 Å². The van der Waals surface area contributed by atoms with Crippen LogP contribution in [-0.2, 0) is 6.42 Å². The second-order valence-electron chi connectivity index (χ2n) is 5.21. The van der Waals surface area contributed by atoms with Crippen LogP contribution in [0, 0.1) is 0 Å². The zero-order valence-corrected chi connectivity index (χ0v) is 11.8. The van der Waals surface area contributed by atoms with E-state index in [1.165, 1.54) is 0 Å². The summed E-state index contributed by atoms with van der Waals surface area (Å²) in [5.41, 5.74) is 16.7. The number of Topliss-reactive ketones (excluding diaryl/α,β-unsaturated/α-hetero) is 1. The van der Waals surface area contributed by atoms with Crippen molar-refractivity contribution in [3.05, 3.63) is 47.0 Å². The van der Waals surface area contributed by atoms with Crippen LogP contribution >= 0.6 is 0 Å². The van der Waals surface area contributed by atoms with E-state index in [2.05, 4.69) is 0 Å². The summed E-state index contributed by atoms with van der Waals surface area (Å²) >= 11 is 0. The molecular weight excluding hydrogens is 284 g/mol. The average molecular weight is 302 g/mol. The van der Waals surface area contributed by atoms with Gasteiger partial charge >= 0.3 is 0 Å². The van der Waals surface area contributed by atoms with E-state index in [0.29, 0.717) is 23.4 Å². The number of carbonyl (C=O) groups is 1. The number of aliphatic hydroxyl groups is 2. The van der Waals surface area contributed by atoms with Gasteiger partial charge in [-0.25, -0.2) is 0 Å². The molecule has 0 saturated carbocycles. The molecule has 1 aliphatic carbocycles. The van der Waals surface area contributed by atoms with E-state index in [-0.39, 0.29) is 5.48 Å². The SMILES string of the molecule is Nc1ccc2c(c1)Cc1c-2ccc(N)c1C(=O)C(O)CO.O. The van der Waals surface area contributed by atoms with E-state index in [1.54, 1.807) is 6.07 Å². The minimum atomic E-state index is -1.45. The van der Waals surface area contributed by atoms with Crippen molar-refractivity contribution in [1.29, 1.82) is 0 Å². The number of fused-ring (bicyclic) bond motifs is 3. The van der Waals surface area contributed by atoms with E-state index in [0.717, 1.165) is 22.3 Å². The molecule has 3 rings (SSSR count). The number of anilines is 2. The molecule has 0 heterocycles. The number of aliphatic hydroxyl groups excluding tert-OH is 2. The predicted molar refractivity (Wildman–Crippen MR) is 84.5 cm³/mol. The maximum Gasteiger partial charge on any atom is 0.196 e. The first kappa shape index (κ1) is 16.0. The second-order valence-corrected chi connectivity index (χ2v) is 5.21. The van der Waals surface area contributed by atoms with Crippen LogP contribution < -0.4 is 11.5 Å². The zero-order chi connectivity index (χ0) is 15.1. The number of carbonyl (C=O) groups excluding carboxylic acids is 1. The molecule has 2 aromatic carbocycles. The van der Waals surface area contributed by atoms with E-state index < -0.39 is 18.5 Å². The normalized spacial score (nSPS) is 13.0. The number of hydrogen-bond acceptors (Lipinski definition) is 5. The fourth-order valence-electron chi connectivity index (χ4n) is 2.86. The Balaban J connectivity index is 0.00000176. The van der Waals surface area contributed by atoms with Crippen LogP contribution in [0.4, 0.5) is 11.4 Å². The van der Waals surface area contributed by atoms with Gasteiger partial charge in [-0.2, -0.15) is 0 Å². The van der Waals surface area contributed by atoms with Crippen LogP contribution in [0.5, 0.6) is 0 Å². The van der Waals surface area contributed by atoms with Crippen LogP contribution in [0.1, 0.15) is 21.5 Å². The highest BCUT2D eigenvalue weighted by molar-refractivity contribution is 6.07. The summed E-state index contributed by atoms with van der Waals surface area (Å²) in [6.45, 7) is -0.623. The van der Waals surface area contributed by atoms with Crippen molar-refractivity contribution in [2.24, 2.45) is 0 Å².